The van der Waals surface area contributed by atoms with Crippen LogP contribution in [0.1, 0.15) is 5.56 Å². The highest BCUT2D eigenvalue weighted by Crippen LogP contribution is 2.35. The molecule has 1 fully saturated rings. The molecule has 23 heavy (non-hydrogen) atoms. The van der Waals surface area contributed by atoms with Gasteiger partial charge in [0.1, 0.15) is 5.75 Å². The lowest BCUT2D eigenvalue weighted by Crippen LogP contribution is -2.34. The number of nitrogens with one attached hydrogen (secondary N) is 1. The molecule has 1 saturated heterocycles. The van der Waals surface area contributed by atoms with Crippen molar-refractivity contribution in [2.45, 2.75) is 12.3 Å². The third-order valence-corrected chi connectivity index (χ3v) is 4.54. The summed E-state index contributed by atoms with van der Waals surface area (Å²) < 4.78 is 5.27. The van der Waals surface area contributed by atoms with Crippen molar-refractivity contribution in [2.24, 2.45) is 0 Å². The van der Waals surface area contributed by atoms with Crippen molar-refractivity contribution < 1.29 is 14.3 Å². The maximum absolute atomic E-state index is 12.7. The molecule has 1 heterocycles. The van der Waals surface area contributed by atoms with Crippen LogP contribution in [0, 0.1) is 6.92 Å². The van der Waals surface area contributed by atoms with Crippen molar-refractivity contribution >= 4 is 34.3 Å². The van der Waals surface area contributed by atoms with Crippen LogP contribution in [-0.4, -0.2) is 23.6 Å². The lowest BCUT2D eigenvalue weighted by atomic mass is 10.2. The molecule has 5 nitrogen and oxygen atoms in total. The molecule has 0 aromatic heterocycles. The fraction of sp³-hybridized carbons (Fsp3) is 0.176. The van der Waals surface area contributed by atoms with Gasteiger partial charge in [0.25, 0.3) is 11.1 Å². The maximum atomic E-state index is 12.7. The molecule has 2 aromatic carbocycles. The van der Waals surface area contributed by atoms with Crippen molar-refractivity contribution in [1.82, 2.24) is 0 Å². The fourth-order valence-corrected chi connectivity index (χ4v) is 3.33. The summed E-state index contributed by atoms with van der Waals surface area (Å²) in [6.45, 7) is 1.88. The quantitative estimate of drug-likeness (QED) is 0.928. The minimum absolute atomic E-state index is 0.278. The average molecular weight is 328 g/mol. The number of imide groups is 1. The highest BCUT2D eigenvalue weighted by atomic mass is 32.2. The Hall–Kier alpha value is -2.47. The predicted octanol–water partition coefficient (Wildman–Crippen LogP) is 3.64. The molecule has 0 bridgehead atoms. The predicted molar refractivity (Wildman–Crippen MR) is 92.1 cm³/mol. The summed E-state index contributed by atoms with van der Waals surface area (Å²) in [5.74, 6) is 0.350. The first kappa shape index (κ1) is 15.4. The van der Waals surface area contributed by atoms with Gasteiger partial charge in [-0.25, -0.2) is 4.90 Å². The Balaban J connectivity index is 1.86. The fourth-order valence-electron chi connectivity index (χ4n) is 2.44. The molecule has 2 amide bonds. The second-order valence-electron chi connectivity index (χ2n) is 5.07. The number of thioether (sulfide) groups is 1. The molecule has 6 heteroatoms. The molecule has 0 saturated carbocycles. The van der Waals surface area contributed by atoms with Gasteiger partial charge in [0.2, 0.25) is 0 Å². The minimum atomic E-state index is -0.668. The Morgan fingerprint density at radius 3 is 2.52 bits per heavy atom. The number of methoxy groups -OCH3 is 1. The number of ether oxygens (including phenoxy) is 1. The number of amides is 2. The number of hydrogen-bond acceptors (Lipinski definition) is 5. The molecule has 1 unspecified atom stereocenters. The number of aryl methyl sites for hydroxylation is 1. The molecule has 1 N–H and O–H groups in total. The summed E-state index contributed by atoms with van der Waals surface area (Å²) in [4.78, 5) is 26.2. The molecule has 0 spiro atoms. The molecule has 1 aliphatic heterocycles. The van der Waals surface area contributed by atoms with Gasteiger partial charge < -0.3 is 10.1 Å². The highest BCUT2D eigenvalue weighted by Gasteiger charge is 2.41. The first-order valence-electron chi connectivity index (χ1n) is 7.11. The van der Waals surface area contributed by atoms with Crippen molar-refractivity contribution in [1.29, 1.82) is 0 Å². The molecule has 0 aliphatic carbocycles. The molecule has 1 atom stereocenters. The van der Waals surface area contributed by atoms with Gasteiger partial charge in [0, 0.05) is 0 Å². The van der Waals surface area contributed by atoms with Crippen LogP contribution in [0.15, 0.2) is 48.5 Å². The zero-order valence-corrected chi connectivity index (χ0v) is 13.6. The van der Waals surface area contributed by atoms with Crippen LogP contribution in [0.25, 0.3) is 0 Å². The van der Waals surface area contributed by atoms with E-state index in [1.165, 1.54) is 4.90 Å². The molecular weight excluding hydrogens is 312 g/mol. The third kappa shape index (κ3) is 2.90. The van der Waals surface area contributed by atoms with E-state index in [2.05, 4.69) is 5.32 Å². The largest absolute Gasteiger partial charge is 0.495 e. The van der Waals surface area contributed by atoms with Gasteiger partial charge in [0.05, 0.1) is 18.5 Å². The normalized spacial score (nSPS) is 17.5. The van der Waals surface area contributed by atoms with Gasteiger partial charge in [-0.15, -0.1) is 0 Å². The summed E-state index contributed by atoms with van der Waals surface area (Å²) in [6, 6.07) is 14.6. The van der Waals surface area contributed by atoms with E-state index < -0.39 is 5.37 Å². The summed E-state index contributed by atoms with van der Waals surface area (Å²) >= 11 is 0.970. The van der Waals surface area contributed by atoms with Gasteiger partial charge in [-0.2, -0.15) is 0 Å². The van der Waals surface area contributed by atoms with Crippen molar-refractivity contribution in [3.63, 3.8) is 0 Å². The van der Waals surface area contributed by atoms with Gasteiger partial charge in [0.15, 0.2) is 5.37 Å². The number of nitrogens with zero attached hydrogens (tertiary/aromatic N) is 1. The number of carbonyl (C=O) groups is 2. The van der Waals surface area contributed by atoms with Gasteiger partial charge >= 0.3 is 0 Å². The zero-order chi connectivity index (χ0) is 16.4. The smallest absolute Gasteiger partial charge is 0.295 e. The summed E-state index contributed by atoms with van der Waals surface area (Å²) in [5, 5.41) is 2.14. The van der Waals surface area contributed by atoms with E-state index in [0.717, 1.165) is 17.3 Å². The Labute approximate surface area is 138 Å². The highest BCUT2D eigenvalue weighted by molar-refractivity contribution is 8.16. The Morgan fingerprint density at radius 2 is 1.78 bits per heavy atom. The second-order valence-corrected chi connectivity index (χ2v) is 6.12. The number of rotatable bonds is 4. The van der Waals surface area contributed by atoms with Crippen molar-refractivity contribution in [3.8, 4) is 5.75 Å². The lowest BCUT2D eigenvalue weighted by molar-refractivity contribution is -0.116. The number of para-hydroxylation sites is 3. The summed E-state index contributed by atoms with van der Waals surface area (Å²) in [6.07, 6.45) is 0. The molecule has 2 aromatic rings. The van der Waals surface area contributed by atoms with Crippen LogP contribution < -0.4 is 15.0 Å². The lowest BCUT2D eigenvalue weighted by Gasteiger charge is -2.17. The Kier molecular flexibility index (Phi) is 4.25. The van der Waals surface area contributed by atoms with E-state index in [1.807, 2.05) is 43.3 Å². The van der Waals surface area contributed by atoms with Crippen LogP contribution >= 0.6 is 11.8 Å². The van der Waals surface area contributed by atoms with E-state index in [9.17, 15) is 9.59 Å². The van der Waals surface area contributed by atoms with Crippen molar-refractivity contribution in [2.75, 3.05) is 17.3 Å². The van der Waals surface area contributed by atoms with E-state index in [4.69, 9.17) is 4.74 Å². The van der Waals surface area contributed by atoms with Crippen LogP contribution in [0.2, 0.25) is 0 Å². The minimum Gasteiger partial charge on any atom is -0.495 e. The van der Waals surface area contributed by atoms with Crippen molar-refractivity contribution in [3.05, 3.63) is 54.1 Å². The molecule has 1 aliphatic rings. The third-order valence-electron chi connectivity index (χ3n) is 3.60. The SMILES string of the molecule is COc1ccccc1NC1SC(=O)N(c2ccccc2C)C1=O. The number of benzene rings is 2. The van der Waals surface area contributed by atoms with E-state index >= 15 is 0 Å². The van der Waals surface area contributed by atoms with E-state index in [0.29, 0.717) is 17.1 Å². The number of hydrogen-bond donors (Lipinski definition) is 1. The second kappa shape index (κ2) is 6.34. The number of carbonyl (C=O) groups excluding carboxylic acids is 2. The van der Waals surface area contributed by atoms with Crippen LogP contribution in [-0.2, 0) is 4.79 Å². The maximum Gasteiger partial charge on any atom is 0.295 e. The van der Waals surface area contributed by atoms with Crippen LogP contribution in [0.5, 0.6) is 5.75 Å². The molecular formula is C17H16N2O3S. The van der Waals surface area contributed by atoms with E-state index in [1.54, 1.807) is 19.2 Å². The Morgan fingerprint density at radius 1 is 1.09 bits per heavy atom. The topological polar surface area (TPSA) is 58.6 Å². The zero-order valence-electron chi connectivity index (χ0n) is 12.8. The molecule has 118 valence electrons. The number of anilines is 2. The van der Waals surface area contributed by atoms with Gasteiger partial charge in [-0.1, -0.05) is 30.3 Å². The molecule has 3 rings (SSSR count). The van der Waals surface area contributed by atoms with Gasteiger partial charge in [-0.05, 0) is 42.4 Å². The van der Waals surface area contributed by atoms with Gasteiger partial charge in [-0.3, -0.25) is 9.59 Å². The average Bonchev–Trinajstić information content (AvgIpc) is 2.83. The first-order valence-corrected chi connectivity index (χ1v) is 7.99. The van der Waals surface area contributed by atoms with Crippen LogP contribution in [0.4, 0.5) is 16.2 Å². The summed E-state index contributed by atoms with van der Waals surface area (Å²) in [7, 11) is 1.56. The standard InChI is InChI=1S/C17H16N2O3S/c1-11-7-3-5-9-13(11)19-16(20)15(23-17(19)21)18-12-8-4-6-10-14(12)22-2/h3-10,15,18H,1-2H3. The monoisotopic (exact) mass is 328 g/mol. The first-order chi connectivity index (χ1) is 11.1. The van der Waals surface area contributed by atoms with Crippen LogP contribution in [0.3, 0.4) is 0 Å². The Bertz CT molecular complexity index is 763. The molecule has 0 radical (unpaired) electrons. The summed E-state index contributed by atoms with van der Waals surface area (Å²) in [5.41, 5.74) is 2.19. The van der Waals surface area contributed by atoms with E-state index in [-0.39, 0.29) is 11.1 Å².